The summed E-state index contributed by atoms with van der Waals surface area (Å²) in [5.74, 6) is 4.72. The molecule has 2 unspecified atom stereocenters. The van der Waals surface area contributed by atoms with Crippen LogP contribution in [0, 0.1) is 11.8 Å². The molecule has 0 saturated carbocycles. The van der Waals surface area contributed by atoms with Crippen LogP contribution in [0.4, 0.5) is 0 Å². The highest BCUT2D eigenvalue weighted by molar-refractivity contribution is 5.56. The van der Waals surface area contributed by atoms with Crippen molar-refractivity contribution in [3.8, 4) is 23.0 Å². The molecule has 62 heavy (non-hydrogen) atoms. The number of unbranched alkanes of at least 4 members (excludes halogenated alkanes) is 2. The molecular weight excluding hydrogens is 777 g/mol. The van der Waals surface area contributed by atoms with E-state index < -0.39 is 0 Å². The number of para-hydroxylation sites is 4. The molecule has 0 aromatic heterocycles. The van der Waals surface area contributed by atoms with Gasteiger partial charge >= 0.3 is 0 Å². The van der Waals surface area contributed by atoms with Gasteiger partial charge in [-0.15, -0.1) is 0 Å². The van der Waals surface area contributed by atoms with Crippen LogP contribution in [0.5, 0.6) is 23.0 Å². The van der Waals surface area contributed by atoms with E-state index in [1.807, 2.05) is 0 Å². The third-order valence-electron chi connectivity index (χ3n) is 12.3. The summed E-state index contributed by atoms with van der Waals surface area (Å²) < 4.78 is 51.2. The molecule has 8 heteroatoms. The Morgan fingerprint density at radius 2 is 0.694 bits per heavy atom. The largest absolute Gasteiger partial charge is 0.493 e. The van der Waals surface area contributed by atoms with Crippen molar-refractivity contribution in [2.45, 2.75) is 105 Å². The molecule has 0 N–H and O–H groups in total. The van der Waals surface area contributed by atoms with Crippen LogP contribution in [-0.2, 0) is 44.6 Å². The third kappa shape index (κ3) is 14.2. The van der Waals surface area contributed by atoms with E-state index in [0.29, 0.717) is 117 Å². The van der Waals surface area contributed by atoms with E-state index in [-0.39, 0.29) is 0 Å². The smallest absolute Gasteiger partial charge is 0.126 e. The summed E-state index contributed by atoms with van der Waals surface area (Å²) in [5.41, 5.74) is 9.10. The molecule has 6 rings (SSSR count). The number of benzene rings is 4. The van der Waals surface area contributed by atoms with Gasteiger partial charge in [0.25, 0.3) is 0 Å². The van der Waals surface area contributed by atoms with Gasteiger partial charge in [-0.2, -0.15) is 0 Å². The zero-order chi connectivity index (χ0) is 43.2. The van der Waals surface area contributed by atoms with Crippen LogP contribution >= 0.6 is 0 Å². The van der Waals surface area contributed by atoms with Gasteiger partial charge in [0, 0.05) is 25.7 Å². The quantitative estimate of drug-likeness (QED) is 0.109. The van der Waals surface area contributed by atoms with E-state index in [4.69, 9.17) is 37.9 Å². The predicted octanol–water partition coefficient (Wildman–Crippen LogP) is 11.4. The SMILES string of the molecule is CCCCC(CC)COc1c2cccc1Cc1cccc3c1OCCOCCOCCOCCOCCOc1c(cccc1Cc1cccc(c1OCC(CC)CCCC)C3)C2. The number of rotatable bonds is 14. The lowest BCUT2D eigenvalue weighted by Gasteiger charge is -2.24. The molecule has 4 aromatic carbocycles. The number of hydrogen-bond donors (Lipinski definition) is 0. The van der Waals surface area contributed by atoms with Crippen molar-refractivity contribution < 1.29 is 37.9 Å². The van der Waals surface area contributed by atoms with Crippen LogP contribution in [0.2, 0.25) is 0 Å². The Labute approximate surface area is 372 Å². The van der Waals surface area contributed by atoms with E-state index >= 15 is 0 Å². The second kappa shape index (κ2) is 26.5. The molecular formula is C54H74O8. The average molecular weight is 851 g/mol. The zero-order valence-electron chi connectivity index (χ0n) is 38.3. The predicted molar refractivity (Wildman–Crippen MR) is 249 cm³/mol. The van der Waals surface area contributed by atoms with Gasteiger partial charge in [-0.25, -0.2) is 0 Å². The standard InChI is InChI=1S/C54H74O8/c1-5-9-15-41(7-3)39-61-53-47-21-13-22-48(53)36-44-18-12-20-46-38-50-24-14-23-49(54(50)62-40-42(8-4)16-10-6-2)37-45-19-11-17-43(35-47)51(45)59-33-31-57-29-27-55-25-26-56-28-30-58-32-34-60-52(44)46/h11-14,17-24,41-42H,5-10,15-16,25-40H2,1-4H3. The summed E-state index contributed by atoms with van der Waals surface area (Å²) in [6.45, 7) is 15.2. The molecule has 4 aromatic rings. The maximum Gasteiger partial charge on any atom is 0.126 e. The van der Waals surface area contributed by atoms with E-state index in [0.717, 1.165) is 93.2 Å². The Bertz CT molecular complexity index is 1690. The van der Waals surface area contributed by atoms with Gasteiger partial charge in [-0.05, 0) is 69.2 Å². The summed E-state index contributed by atoms with van der Waals surface area (Å²) in [5, 5.41) is 0. The van der Waals surface area contributed by atoms with Crippen molar-refractivity contribution in [2.75, 3.05) is 79.3 Å². The van der Waals surface area contributed by atoms with E-state index in [9.17, 15) is 0 Å². The summed E-state index contributed by atoms with van der Waals surface area (Å²) in [4.78, 5) is 0. The number of hydrogen-bond acceptors (Lipinski definition) is 8. The fourth-order valence-corrected chi connectivity index (χ4v) is 8.59. The van der Waals surface area contributed by atoms with Crippen molar-refractivity contribution in [3.05, 3.63) is 117 Å². The monoisotopic (exact) mass is 851 g/mol. The Morgan fingerprint density at radius 1 is 0.403 bits per heavy atom. The average Bonchev–Trinajstić information content (AvgIpc) is 3.28. The van der Waals surface area contributed by atoms with Crippen LogP contribution in [0.3, 0.4) is 0 Å². The van der Waals surface area contributed by atoms with Crippen molar-refractivity contribution in [3.63, 3.8) is 0 Å². The van der Waals surface area contributed by atoms with Gasteiger partial charge in [0.05, 0.1) is 66.1 Å². The molecule has 8 nitrogen and oxygen atoms in total. The second-order valence-corrected chi connectivity index (χ2v) is 16.9. The molecule has 1 aliphatic heterocycles. The Balaban J connectivity index is 1.48. The van der Waals surface area contributed by atoms with Crippen molar-refractivity contribution in [1.82, 2.24) is 0 Å². The van der Waals surface area contributed by atoms with Crippen molar-refractivity contribution in [2.24, 2.45) is 11.8 Å². The van der Waals surface area contributed by atoms with Crippen LogP contribution in [0.15, 0.2) is 72.8 Å². The van der Waals surface area contributed by atoms with Gasteiger partial charge in [-0.1, -0.05) is 139 Å². The maximum atomic E-state index is 7.03. The first kappa shape index (κ1) is 47.4. The second-order valence-electron chi connectivity index (χ2n) is 16.9. The van der Waals surface area contributed by atoms with E-state index in [1.165, 1.54) is 25.7 Å². The number of ether oxygens (including phenoxy) is 8. The molecule has 0 fully saturated rings. The molecule has 10 bridgehead atoms. The summed E-state index contributed by atoms with van der Waals surface area (Å²) >= 11 is 0. The Morgan fingerprint density at radius 3 is 0.984 bits per heavy atom. The van der Waals surface area contributed by atoms with Crippen LogP contribution < -0.4 is 18.9 Å². The topological polar surface area (TPSA) is 73.8 Å². The lowest BCUT2D eigenvalue weighted by atomic mass is 9.91. The Hall–Kier alpha value is -4.08. The molecule has 0 amide bonds. The summed E-state index contributed by atoms with van der Waals surface area (Å²) in [6, 6.07) is 26.5. The molecule has 0 saturated heterocycles. The van der Waals surface area contributed by atoms with Gasteiger partial charge in [0.15, 0.2) is 0 Å². The van der Waals surface area contributed by atoms with Gasteiger partial charge < -0.3 is 37.9 Å². The molecule has 0 spiro atoms. The molecule has 2 atom stereocenters. The first-order valence-corrected chi connectivity index (χ1v) is 23.9. The van der Waals surface area contributed by atoms with E-state index in [1.54, 1.807) is 0 Å². The fourth-order valence-electron chi connectivity index (χ4n) is 8.59. The highest BCUT2D eigenvalue weighted by Crippen LogP contribution is 2.39. The van der Waals surface area contributed by atoms with Crippen molar-refractivity contribution >= 4 is 0 Å². The lowest BCUT2D eigenvalue weighted by molar-refractivity contribution is -0.00706. The minimum atomic E-state index is 0.419. The van der Waals surface area contributed by atoms with Gasteiger partial charge in [0.2, 0.25) is 0 Å². The lowest BCUT2D eigenvalue weighted by Crippen LogP contribution is -2.15. The number of fused-ring (bicyclic) bond motifs is 2. The third-order valence-corrected chi connectivity index (χ3v) is 12.3. The first-order chi connectivity index (χ1) is 30.6. The molecule has 1 aliphatic carbocycles. The highest BCUT2D eigenvalue weighted by Gasteiger charge is 2.23. The van der Waals surface area contributed by atoms with Gasteiger partial charge in [0.1, 0.15) is 36.2 Å². The molecule has 1 heterocycles. The normalized spacial score (nSPS) is 16.6. The maximum absolute atomic E-state index is 7.03. The molecule has 338 valence electrons. The van der Waals surface area contributed by atoms with Crippen LogP contribution in [0.1, 0.15) is 124 Å². The zero-order valence-corrected chi connectivity index (χ0v) is 38.3. The van der Waals surface area contributed by atoms with Crippen LogP contribution in [-0.4, -0.2) is 79.3 Å². The fraction of sp³-hybridized carbons (Fsp3) is 0.556. The minimum Gasteiger partial charge on any atom is -0.493 e. The van der Waals surface area contributed by atoms with Crippen LogP contribution in [0.25, 0.3) is 0 Å². The highest BCUT2D eigenvalue weighted by atomic mass is 16.6. The first-order valence-electron chi connectivity index (χ1n) is 23.9. The molecule has 0 radical (unpaired) electrons. The minimum absolute atomic E-state index is 0.419. The van der Waals surface area contributed by atoms with Crippen molar-refractivity contribution in [1.29, 1.82) is 0 Å². The van der Waals surface area contributed by atoms with Gasteiger partial charge in [-0.3, -0.25) is 0 Å². The summed E-state index contributed by atoms with van der Waals surface area (Å²) in [6.07, 6.45) is 11.9. The molecule has 2 aliphatic rings. The van der Waals surface area contributed by atoms with E-state index in [2.05, 4.69) is 100 Å². The summed E-state index contributed by atoms with van der Waals surface area (Å²) in [7, 11) is 0. The Kier molecular flexibility index (Phi) is 20.3.